The van der Waals surface area contributed by atoms with Crippen LogP contribution in [-0.4, -0.2) is 44.6 Å². The van der Waals surface area contributed by atoms with E-state index in [4.69, 9.17) is 19.3 Å². The van der Waals surface area contributed by atoms with Gasteiger partial charge in [0, 0.05) is 7.11 Å². The molecule has 19 heavy (non-hydrogen) atoms. The Labute approximate surface area is 113 Å². The Kier molecular flexibility index (Phi) is 7.81. The summed E-state index contributed by atoms with van der Waals surface area (Å²) in [6, 6.07) is 7.37. The van der Waals surface area contributed by atoms with Crippen molar-refractivity contribution < 1.29 is 24.1 Å². The summed E-state index contributed by atoms with van der Waals surface area (Å²) in [7, 11) is 1.63. The van der Waals surface area contributed by atoms with Crippen LogP contribution in [0.5, 0.6) is 0 Å². The Bertz CT molecular complexity index is 361. The summed E-state index contributed by atoms with van der Waals surface area (Å²) in [4.78, 5) is 10.5. The number of carboxylic acid groups (broad SMARTS) is 1. The van der Waals surface area contributed by atoms with Gasteiger partial charge in [-0.1, -0.05) is 24.3 Å². The van der Waals surface area contributed by atoms with Gasteiger partial charge in [0.2, 0.25) is 0 Å². The second kappa shape index (κ2) is 9.49. The highest BCUT2D eigenvalue weighted by Gasteiger charge is 2.00. The van der Waals surface area contributed by atoms with E-state index in [1.165, 1.54) is 0 Å². The van der Waals surface area contributed by atoms with Crippen LogP contribution >= 0.6 is 0 Å². The standard InChI is InChI=1S/C14H20O5/c1-17-6-7-18-8-9-19-11-13-4-2-12(3-5-13)10-14(15)16/h2-5H,6-11H2,1H3,(H,15,16). The predicted molar refractivity (Wildman–Crippen MR) is 70.1 cm³/mol. The minimum atomic E-state index is -0.822. The number of rotatable bonds is 10. The lowest BCUT2D eigenvalue weighted by atomic mass is 10.1. The lowest BCUT2D eigenvalue weighted by Crippen LogP contribution is -2.08. The molecule has 0 bridgehead atoms. The second-order valence-electron chi connectivity index (χ2n) is 4.04. The van der Waals surface area contributed by atoms with Gasteiger partial charge >= 0.3 is 5.97 Å². The van der Waals surface area contributed by atoms with Crippen LogP contribution in [0.4, 0.5) is 0 Å². The Morgan fingerprint density at radius 3 is 2.21 bits per heavy atom. The number of aliphatic carboxylic acids is 1. The lowest BCUT2D eigenvalue weighted by Gasteiger charge is -2.06. The molecule has 1 aromatic rings. The van der Waals surface area contributed by atoms with Crippen LogP contribution in [0.15, 0.2) is 24.3 Å². The van der Waals surface area contributed by atoms with Crippen molar-refractivity contribution in [3.05, 3.63) is 35.4 Å². The number of benzene rings is 1. The summed E-state index contributed by atoms with van der Waals surface area (Å²) in [5.74, 6) is -0.822. The maximum Gasteiger partial charge on any atom is 0.307 e. The van der Waals surface area contributed by atoms with Gasteiger partial charge in [0.15, 0.2) is 0 Å². The first-order valence-corrected chi connectivity index (χ1v) is 6.16. The third-order valence-electron chi connectivity index (χ3n) is 2.45. The molecule has 0 aliphatic rings. The summed E-state index contributed by atoms with van der Waals surface area (Å²) in [5, 5.41) is 8.65. The molecule has 5 nitrogen and oxygen atoms in total. The molecule has 0 aromatic heterocycles. The van der Waals surface area contributed by atoms with E-state index in [-0.39, 0.29) is 6.42 Å². The molecule has 0 atom stereocenters. The summed E-state index contributed by atoms with van der Waals surface area (Å²) < 4.78 is 15.5. The molecule has 1 aromatic carbocycles. The van der Waals surface area contributed by atoms with Gasteiger partial charge in [0.1, 0.15) is 0 Å². The van der Waals surface area contributed by atoms with Gasteiger partial charge in [-0.15, -0.1) is 0 Å². The van der Waals surface area contributed by atoms with Crippen molar-refractivity contribution in [2.45, 2.75) is 13.0 Å². The molecule has 0 aliphatic heterocycles. The first-order chi connectivity index (χ1) is 9.22. The third kappa shape index (κ3) is 7.56. The highest BCUT2D eigenvalue weighted by Crippen LogP contribution is 2.06. The molecular formula is C14H20O5. The maximum atomic E-state index is 10.5. The monoisotopic (exact) mass is 268 g/mol. The van der Waals surface area contributed by atoms with Crippen molar-refractivity contribution in [2.24, 2.45) is 0 Å². The number of carboxylic acids is 1. The van der Waals surface area contributed by atoms with Gasteiger partial charge < -0.3 is 19.3 Å². The van der Waals surface area contributed by atoms with Gasteiger partial charge in [-0.25, -0.2) is 0 Å². The Balaban J connectivity index is 2.14. The molecule has 5 heteroatoms. The Morgan fingerprint density at radius 1 is 1.00 bits per heavy atom. The number of hydrogen-bond acceptors (Lipinski definition) is 4. The SMILES string of the molecule is COCCOCCOCc1ccc(CC(=O)O)cc1. The second-order valence-corrected chi connectivity index (χ2v) is 4.04. The maximum absolute atomic E-state index is 10.5. The van der Waals surface area contributed by atoms with Crippen molar-refractivity contribution in [3.8, 4) is 0 Å². The van der Waals surface area contributed by atoms with Crippen LogP contribution in [0.1, 0.15) is 11.1 Å². The smallest absolute Gasteiger partial charge is 0.307 e. The summed E-state index contributed by atoms with van der Waals surface area (Å²) >= 11 is 0. The topological polar surface area (TPSA) is 65.0 Å². The highest BCUT2D eigenvalue weighted by atomic mass is 16.5. The van der Waals surface area contributed by atoms with Crippen LogP contribution in [0, 0.1) is 0 Å². The quantitative estimate of drug-likeness (QED) is 0.651. The van der Waals surface area contributed by atoms with E-state index in [2.05, 4.69) is 0 Å². The highest BCUT2D eigenvalue weighted by molar-refractivity contribution is 5.70. The Morgan fingerprint density at radius 2 is 1.58 bits per heavy atom. The van der Waals surface area contributed by atoms with Gasteiger partial charge in [-0.3, -0.25) is 4.79 Å². The fourth-order valence-corrected chi connectivity index (χ4v) is 1.48. The van der Waals surface area contributed by atoms with Gasteiger partial charge in [0.05, 0.1) is 39.5 Å². The minimum absolute atomic E-state index is 0.0501. The lowest BCUT2D eigenvalue weighted by molar-refractivity contribution is -0.136. The average Bonchev–Trinajstić information content (AvgIpc) is 2.39. The average molecular weight is 268 g/mol. The summed E-state index contributed by atoms with van der Waals surface area (Å²) in [5.41, 5.74) is 1.81. The summed E-state index contributed by atoms with van der Waals surface area (Å²) in [6.45, 7) is 2.73. The van der Waals surface area contributed by atoms with Crippen molar-refractivity contribution >= 4 is 5.97 Å². The molecule has 0 aliphatic carbocycles. The van der Waals surface area contributed by atoms with Crippen LogP contribution in [0.25, 0.3) is 0 Å². The zero-order valence-corrected chi connectivity index (χ0v) is 11.1. The van der Waals surface area contributed by atoms with E-state index >= 15 is 0 Å². The molecule has 0 spiro atoms. The van der Waals surface area contributed by atoms with E-state index in [1.807, 2.05) is 24.3 Å². The fraction of sp³-hybridized carbons (Fsp3) is 0.500. The molecule has 0 heterocycles. The molecule has 0 radical (unpaired) electrons. The van der Waals surface area contributed by atoms with Crippen LogP contribution in [0.2, 0.25) is 0 Å². The van der Waals surface area contributed by atoms with E-state index in [0.717, 1.165) is 11.1 Å². The molecule has 1 N–H and O–H groups in total. The molecule has 0 fully saturated rings. The number of ether oxygens (including phenoxy) is 3. The summed E-state index contributed by atoms with van der Waals surface area (Å²) in [6.07, 6.45) is 0.0501. The first kappa shape index (κ1) is 15.6. The minimum Gasteiger partial charge on any atom is -0.481 e. The van der Waals surface area contributed by atoms with E-state index in [0.29, 0.717) is 33.0 Å². The molecule has 1 rings (SSSR count). The van der Waals surface area contributed by atoms with E-state index in [1.54, 1.807) is 7.11 Å². The van der Waals surface area contributed by atoms with Gasteiger partial charge in [-0.2, -0.15) is 0 Å². The van der Waals surface area contributed by atoms with E-state index in [9.17, 15) is 4.79 Å². The van der Waals surface area contributed by atoms with Crippen molar-refractivity contribution in [3.63, 3.8) is 0 Å². The molecule has 0 saturated carbocycles. The van der Waals surface area contributed by atoms with E-state index < -0.39 is 5.97 Å². The van der Waals surface area contributed by atoms with Crippen molar-refractivity contribution in [2.75, 3.05) is 33.5 Å². The number of hydrogen-bond donors (Lipinski definition) is 1. The molecule has 106 valence electrons. The number of methoxy groups -OCH3 is 1. The van der Waals surface area contributed by atoms with Crippen molar-refractivity contribution in [1.82, 2.24) is 0 Å². The predicted octanol–water partition coefficient (Wildman–Crippen LogP) is 1.49. The van der Waals surface area contributed by atoms with Gasteiger partial charge in [-0.05, 0) is 11.1 Å². The van der Waals surface area contributed by atoms with Crippen molar-refractivity contribution in [1.29, 1.82) is 0 Å². The molecule has 0 saturated heterocycles. The zero-order chi connectivity index (χ0) is 13.9. The third-order valence-corrected chi connectivity index (χ3v) is 2.45. The number of carbonyl (C=O) groups is 1. The normalized spacial score (nSPS) is 10.6. The molecule has 0 amide bonds. The van der Waals surface area contributed by atoms with Gasteiger partial charge in [0.25, 0.3) is 0 Å². The zero-order valence-electron chi connectivity index (χ0n) is 11.1. The first-order valence-electron chi connectivity index (χ1n) is 6.16. The molecule has 0 unspecified atom stereocenters. The van der Waals surface area contributed by atoms with Crippen LogP contribution < -0.4 is 0 Å². The largest absolute Gasteiger partial charge is 0.481 e. The van der Waals surface area contributed by atoms with Crippen LogP contribution in [-0.2, 0) is 32.0 Å². The van der Waals surface area contributed by atoms with Crippen LogP contribution in [0.3, 0.4) is 0 Å². The molecular weight excluding hydrogens is 248 g/mol. The fourth-order valence-electron chi connectivity index (χ4n) is 1.48. The Hall–Kier alpha value is -1.43.